The third-order valence-electron chi connectivity index (χ3n) is 2.20. The van der Waals surface area contributed by atoms with Crippen molar-refractivity contribution in [3.05, 3.63) is 12.2 Å². The number of hydrogen-bond acceptors (Lipinski definition) is 2. The Kier molecular flexibility index (Phi) is 4.02. The maximum Gasteiger partial charge on any atom is 0.407 e. The lowest BCUT2D eigenvalue weighted by Crippen LogP contribution is -2.44. The highest BCUT2D eigenvalue weighted by atomic mass is 127. The largest absolute Gasteiger partial charge is 0.453 e. The highest BCUT2D eigenvalue weighted by Crippen LogP contribution is 2.25. The average Bonchev–Trinajstić information content (AvgIpc) is 2.13. The number of alkyl carbamates (subject to hydrolysis) is 1. The Labute approximate surface area is 92.1 Å². The van der Waals surface area contributed by atoms with Crippen molar-refractivity contribution in [1.29, 1.82) is 0 Å². The van der Waals surface area contributed by atoms with Gasteiger partial charge in [-0.15, -0.1) is 0 Å². The van der Waals surface area contributed by atoms with Crippen LogP contribution in [-0.4, -0.2) is 23.2 Å². The van der Waals surface area contributed by atoms with Crippen LogP contribution >= 0.6 is 22.6 Å². The van der Waals surface area contributed by atoms with Crippen LogP contribution in [0.15, 0.2) is 12.2 Å². The van der Waals surface area contributed by atoms with Crippen LogP contribution in [0.25, 0.3) is 0 Å². The summed E-state index contributed by atoms with van der Waals surface area (Å²) in [4.78, 5) is 11.0. The van der Waals surface area contributed by atoms with Crippen LogP contribution in [0.3, 0.4) is 0 Å². The van der Waals surface area contributed by atoms with Gasteiger partial charge in [0.05, 0.1) is 7.11 Å². The highest BCUT2D eigenvalue weighted by Gasteiger charge is 2.26. The van der Waals surface area contributed by atoms with Crippen molar-refractivity contribution in [1.82, 2.24) is 5.32 Å². The number of allylic oxidation sites excluding steroid dienone is 1. The van der Waals surface area contributed by atoms with Gasteiger partial charge in [0, 0.05) is 9.97 Å². The molecule has 0 saturated heterocycles. The molecule has 0 fully saturated rings. The summed E-state index contributed by atoms with van der Waals surface area (Å²) < 4.78 is 5.01. The SMILES string of the molecule is COC(=O)NC1CC=CC(C)C1I. The molecule has 0 aromatic carbocycles. The molecule has 0 saturated carbocycles. The highest BCUT2D eigenvalue weighted by molar-refractivity contribution is 14.1. The normalized spacial score (nSPS) is 32.7. The molecule has 0 bridgehead atoms. The van der Waals surface area contributed by atoms with Crippen LogP contribution < -0.4 is 5.32 Å². The van der Waals surface area contributed by atoms with E-state index in [9.17, 15) is 4.79 Å². The van der Waals surface area contributed by atoms with E-state index in [4.69, 9.17) is 0 Å². The van der Waals surface area contributed by atoms with Gasteiger partial charge in [-0.05, 0) is 12.3 Å². The Bertz CT molecular complexity index is 218. The summed E-state index contributed by atoms with van der Waals surface area (Å²) in [7, 11) is 1.39. The fraction of sp³-hybridized carbons (Fsp3) is 0.667. The fourth-order valence-corrected chi connectivity index (χ4v) is 2.10. The topological polar surface area (TPSA) is 38.3 Å². The molecule has 3 atom stereocenters. The number of ether oxygens (including phenoxy) is 1. The zero-order valence-electron chi connectivity index (χ0n) is 7.79. The molecule has 1 aliphatic carbocycles. The Morgan fingerprint density at radius 1 is 1.69 bits per heavy atom. The molecule has 0 spiro atoms. The summed E-state index contributed by atoms with van der Waals surface area (Å²) >= 11 is 2.37. The van der Waals surface area contributed by atoms with Crippen LogP contribution in [0.5, 0.6) is 0 Å². The Morgan fingerprint density at radius 3 is 3.00 bits per heavy atom. The second kappa shape index (κ2) is 4.83. The molecule has 1 aliphatic rings. The molecule has 74 valence electrons. The Balaban J connectivity index is 2.51. The molecule has 1 rings (SSSR count). The lowest BCUT2D eigenvalue weighted by atomic mass is 9.93. The number of amides is 1. The molecule has 0 aromatic rings. The third kappa shape index (κ3) is 2.86. The van der Waals surface area contributed by atoms with E-state index < -0.39 is 0 Å². The van der Waals surface area contributed by atoms with E-state index in [0.29, 0.717) is 9.84 Å². The standard InChI is InChI=1S/C9H14INO2/c1-6-4-3-5-7(8(6)10)11-9(12)13-2/h3-4,6-8H,5H2,1-2H3,(H,11,12). The van der Waals surface area contributed by atoms with Gasteiger partial charge in [0.2, 0.25) is 0 Å². The first kappa shape index (κ1) is 10.8. The van der Waals surface area contributed by atoms with Crippen molar-refractivity contribution >= 4 is 28.7 Å². The Hall–Kier alpha value is -0.260. The lowest BCUT2D eigenvalue weighted by Gasteiger charge is -2.28. The fourth-order valence-electron chi connectivity index (χ4n) is 1.39. The summed E-state index contributed by atoms with van der Waals surface area (Å²) in [6, 6.07) is 0.202. The molecule has 0 heterocycles. The smallest absolute Gasteiger partial charge is 0.407 e. The van der Waals surface area contributed by atoms with Crippen molar-refractivity contribution in [3.8, 4) is 0 Å². The molecule has 3 unspecified atom stereocenters. The van der Waals surface area contributed by atoms with E-state index >= 15 is 0 Å². The minimum absolute atomic E-state index is 0.202. The molecule has 1 amide bonds. The summed E-state index contributed by atoms with van der Waals surface area (Å²) in [5.74, 6) is 0.511. The van der Waals surface area contributed by atoms with E-state index in [1.165, 1.54) is 7.11 Å². The number of hydrogen-bond donors (Lipinski definition) is 1. The van der Waals surface area contributed by atoms with Gasteiger partial charge in [-0.2, -0.15) is 0 Å². The van der Waals surface area contributed by atoms with E-state index in [1.54, 1.807) is 0 Å². The number of carbonyl (C=O) groups is 1. The van der Waals surface area contributed by atoms with Gasteiger partial charge in [-0.3, -0.25) is 0 Å². The van der Waals surface area contributed by atoms with Gasteiger partial charge in [0.15, 0.2) is 0 Å². The first-order chi connectivity index (χ1) is 6.15. The van der Waals surface area contributed by atoms with Crippen molar-refractivity contribution in [2.24, 2.45) is 5.92 Å². The molecule has 3 nitrogen and oxygen atoms in total. The predicted molar refractivity (Wildman–Crippen MR) is 60.1 cm³/mol. The average molecular weight is 295 g/mol. The molecular formula is C9H14INO2. The molecule has 0 aliphatic heterocycles. The van der Waals surface area contributed by atoms with Gasteiger partial charge >= 0.3 is 6.09 Å². The quantitative estimate of drug-likeness (QED) is 0.457. The van der Waals surface area contributed by atoms with Crippen LogP contribution in [0.1, 0.15) is 13.3 Å². The number of halogens is 1. The second-order valence-corrected chi connectivity index (χ2v) is 4.65. The molecule has 1 N–H and O–H groups in total. The van der Waals surface area contributed by atoms with Gasteiger partial charge in [-0.25, -0.2) is 4.79 Å². The van der Waals surface area contributed by atoms with Crippen LogP contribution in [0, 0.1) is 5.92 Å². The number of rotatable bonds is 1. The Morgan fingerprint density at radius 2 is 2.38 bits per heavy atom. The van der Waals surface area contributed by atoms with Crippen LogP contribution in [0.4, 0.5) is 4.79 Å². The molecule has 0 radical (unpaired) electrons. The zero-order valence-corrected chi connectivity index (χ0v) is 9.95. The van der Waals surface area contributed by atoms with Gasteiger partial charge < -0.3 is 10.1 Å². The van der Waals surface area contributed by atoms with Crippen molar-refractivity contribution in [2.75, 3.05) is 7.11 Å². The van der Waals surface area contributed by atoms with E-state index in [2.05, 4.69) is 51.7 Å². The first-order valence-electron chi connectivity index (χ1n) is 4.30. The molecular weight excluding hydrogens is 281 g/mol. The lowest BCUT2D eigenvalue weighted by molar-refractivity contribution is 0.165. The number of carbonyl (C=O) groups excluding carboxylic acids is 1. The molecule has 13 heavy (non-hydrogen) atoms. The minimum Gasteiger partial charge on any atom is -0.453 e. The summed E-state index contributed by atoms with van der Waals surface area (Å²) in [6.45, 7) is 2.15. The van der Waals surface area contributed by atoms with Crippen molar-refractivity contribution in [2.45, 2.75) is 23.3 Å². The maximum atomic E-state index is 11.0. The van der Waals surface area contributed by atoms with Crippen LogP contribution in [0.2, 0.25) is 0 Å². The maximum absolute atomic E-state index is 11.0. The van der Waals surface area contributed by atoms with Gasteiger partial charge in [0.25, 0.3) is 0 Å². The van der Waals surface area contributed by atoms with E-state index in [-0.39, 0.29) is 12.1 Å². The molecule has 0 aromatic heterocycles. The minimum atomic E-state index is -0.339. The predicted octanol–water partition coefficient (Wildman–Crippen LogP) is 2.11. The van der Waals surface area contributed by atoms with Crippen LogP contribution in [-0.2, 0) is 4.74 Å². The third-order valence-corrected chi connectivity index (χ3v) is 4.21. The second-order valence-electron chi connectivity index (χ2n) is 3.21. The van der Waals surface area contributed by atoms with Crippen molar-refractivity contribution in [3.63, 3.8) is 0 Å². The summed E-state index contributed by atoms with van der Waals surface area (Å²) in [5, 5.41) is 2.83. The first-order valence-corrected chi connectivity index (χ1v) is 5.55. The zero-order chi connectivity index (χ0) is 9.84. The van der Waals surface area contributed by atoms with E-state index in [0.717, 1.165) is 6.42 Å². The number of methoxy groups -OCH3 is 1. The number of alkyl halides is 1. The van der Waals surface area contributed by atoms with Gasteiger partial charge in [-0.1, -0.05) is 41.7 Å². The summed E-state index contributed by atoms with van der Waals surface area (Å²) in [6.07, 6.45) is 4.86. The van der Waals surface area contributed by atoms with Gasteiger partial charge in [0.1, 0.15) is 0 Å². The monoisotopic (exact) mass is 295 g/mol. The van der Waals surface area contributed by atoms with Crippen molar-refractivity contribution < 1.29 is 9.53 Å². The van der Waals surface area contributed by atoms with E-state index in [1.807, 2.05) is 0 Å². The number of nitrogens with one attached hydrogen (secondary N) is 1. The summed E-state index contributed by atoms with van der Waals surface area (Å²) in [5.41, 5.74) is 0. The molecule has 4 heteroatoms.